The van der Waals surface area contributed by atoms with Crippen LogP contribution < -0.4 is 10.3 Å². The highest BCUT2D eigenvalue weighted by atomic mass is 35.5. The van der Waals surface area contributed by atoms with Crippen molar-refractivity contribution in [2.75, 3.05) is 4.90 Å². The Kier molecular flexibility index (Phi) is 6.43. The third-order valence-corrected chi connectivity index (χ3v) is 5.62. The molecule has 4 amide bonds. The zero-order valence-corrected chi connectivity index (χ0v) is 18.8. The summed E-state index contributed by atoms with van der Waals surface area (Å²) in [5, 5.41) is 1.27. The number of halogens is 2. The number of carbonyl (C=O) groups is 4. The van der Waals surface area contributed by atoms with Gasteiger partial charge in [-0.3, -0.25) is 24.6 Å². The Bertz CT molecular complexity index is 1260. The van der Waals surface area contributed by atoms with Crippen LogP contribution in [-0.2, 0) is 9.59 Å². The maximum absolute atomic E-state index is 13.3. The Morgan fingerprint density at radius 2 is 1.53 bits per heavy atom. The molecule has 0 saturated carbocycles. The number of hydrogen-bond donors (Lipinski definition) is 1. The van der Waals surface area contributed by atoms with Gasteiger partial charge < -0.3 is 0 Å². The van der Waals surface area contributed by atoms with E-state index in [-0.39, 0.29) is 23.2 Å². The summed E-state index contributed by atoms with van der Waals surface area (Å²) in [5.74, 6) is -3.14. The molecule has 1 aliphatic rings. The number of nitrogens with zero attached hydrogens (tertiary/aromatic N) is 2. The molecule has 34 heavy (non-hydrogen) atoms. The summed E-state index contributed by atoms with van der Waals surface area (Å²) in [6.07, 6.45) is -0.357. The number of anilines is 1. The summed E-state index contributed by atoms with van der Waals surface area (Å²) in [6, 6.07) is 16.1. The second-order valence-corrected chi connectivity index (χ2v) is 8.19. The van der Waals surface area contributed by atoms with Gasteiger partial charge >= 0.3 is 0 Å². The fraction of sp³-hybridized carbons (Fsp3) is 0.120. The smallest absolute Gasteiger partial charge is 0.273 e. The Balaban J connectivity index is 1.67. The SMILES string of the molecule is Cc1ccc(C(=O)NN(C(=O)c2ccc(Cl)cc2)C2CC(=O)N(c3ccc(F)cc3)C2=O)cc1. The number of hydrazine groups is 1. The van der Waals surface area contributed by atoms with E-state index in [2.05, 4.69) is 5.43 Å². The lowest BCUT2D eigenvalue weighted by atomic mass is 10.1. The van der Waals surface area contributed by atoms with Crippen LogP contribution in [0.5, 0.6) is 0 Å². The molecule has 1 fully saturated rings. The van der Waals surface area contributed by atoms with Gasteiger partial charge in [0.15, 0.2) is 0 Å². The number of nitrogens with one attached hydrogen (secondary N) is 1. The quantitative estimate of drug-likeness (QED) is 0.454. The van der Waals surface area contributed by atoms with E-state index in [0.29, 0.717) is 5.02 Å². The van der Waals surface area contributed by atoms with Crippen molar-refractivity contribution in [2.24, 2.45) is 0 Å². The maximum atomic E-state index is 13.3. The second kappa shape index (κ2) is 9.44. The standard InChI is InChI=1S/C25H19ClFN3O4/c1-15-2-4-16(5-3-15)23(32)28-30(24(33)17-6-8-18(26)9-7-17)21-14-22(31)29(25(21)34)20-12-10-19(27)11-13-20/h2-13,21H,14H2,1H3,(H,28,32). The van der Waals surface area contributed by atoms with Crippen LogP contribution in [0.25, 0.3) is 0 Å². The molecule has 4 rings (SSSR count). The Morgan fingerprint density at radius 1 is 0.941 bits per heavy atom. The van der Waals surface area contributed by atoms with Gasteiger partial charge in [0.1, 0.15) is 11.9 Å². The van der Waals surface area contributed by atoms with Gasteiger partial charge in [-0.2, -0.15) is 0 Å². The van der Waals surface area contributed by atoms with Crippen LogP contribution in [0, 0.1) is 12.7 Å². The molecule has 0 aliphatic carbocycles. The number of amides is 4. The van der Waals surface area contributed by atoms with Crippen LogP contribution in [0.4, 0.5) is 10.1 Å². The number of aryl methyl sites for hydroxylation is 1. The number of rotatable bonds is 4. The molecule has 1 N–H and O–H groups in total. The highest BCUT2D eigenvalue weighted by molar-refractivity contribution is 6.30. The predicted octanol–water partition coefficient (Wildman–Crippen LogP) is 3.91. The minimum absolute atomic E-state index is 0.161. The van der Waals surface area contributed by atoms with E-state index in [4.69, 9.17) is 11.6 Å². The minimum Gasteiger partial charge on any atom is -0.274 e. The van der Waals surface area contributed by atoms with Gasteiger partial charge in [0.05, 0.1) is 12.1 Å². The first-order chi connectivity index (χ1) is 16.2. The van der Waals surface area contributed by atoms with Crippen molar-refractivity contribution in [2.45, 2.75) is 19.4 Å². The monoisotopic (exact) mass is 479 g/mol. The summed E-state index contributed by atoms with van der Waals surface area (Å²) in [7, 11) is 0. The van der Waals surface area contributed by atoms with Crippen LogP contribution in [0.3, 0.4) is 0 Å². The third-order valence-electron chi connectivity index (χ3n) is 5.37. The number of carbonyl (C=O) groups excluding carboxylic acids is 4. The molecule has 3 aromatic rings. The summed E-state index contributed by atoms with van der Waals surface area (Å²) >= 11 is 5.91. The molecule has 1 atom stereocenters. The van der Waals surface area contributed by atoms with Crippen LogP contribution in [0.2, 0.25) is 5.02 Å². The number of benzene rings is 3. The van der Waals surface area contributed by atoms with Crippen molar-refractivity contribution in [3.63, 3.8) is 0 Å². The van der Waals surface area contributed by atoms with Crippen LogP contribution in [0.1, 0.15) is 32.7 Å². The highest BCUT2D eigenvalue weighted by Crippen LogP contribution is 2.26. The first kappa shape index (κ1) is 23.1. The van der Waals surface area contributed by atoms with Crippen molar-refractivity contribution in [1.82, 2.24) is 10.4 Å². The van der Waals surface area contributed by atoms with E-state index in [0.717, 1.165) is 27.6 Å². The molecular formula is C25H19ClFN3O4. The molecule has 0 radical (unpaired) electrons. The zero-order chi connectivity index (χ0) is 24.4. The van der Waals surface area contributed by atoms with Crippen LogP contribution in [0.15, 0.2) is 72.8 Å². The van der Waals surface area contributed by atoms with Gasteiger partial charge in [0, 0.05) is 16.1 Å². The minimum atomic E-state index is -1.30. The van der Waals surface area contributed by atoms with E-state index in [1.807, 2.05) is 6.92 Å². The van der Waals surface area contributed by atoms with E-state index in [1.165, 1.54) is 36.4 Å². The molecule has 0 aromatic heterocycles. The lowest BCUT2D eigenvalue weighted by Crippen LogP contribution is -2.54. The number of imide groups is 1. The van der Waals surface area contributed by atoms with Crippen LogP contribution >= 0.6 is 11.6 Å². The van der Waals surface area contributed by atoms with Gasteiger partial charge in [-0.05, 0) is 67.6 Å². The number of hydrogen-bond acceptors (Lipinski definition) is 4. The molecule has 0 bridgehead atoms. The maximum Gasteiger partial charge on any atom is 0.273 e. The first-order valence-electron chi connectivity index (χ1n) is 10.3. The molecule has 3 aromatic carbocycles. The lowest BCUT2D eigenvalue weighted by Gasteiger charge is -2.28. The second-order valence-electron chi connectivity index (χ2n) is 7.75. The lowest BCUT2D eigenvalue weighted by molar-refractivity contribution is -0.122. The normalized spacial score (nSPS) is 15.4. The van der Waals surface area contributed by atoms with Gasteiger partial charge in [-0.15, -0.1) is 0 Å². The fourth-order valence-electron chi connectivity index (χ4n) is 3.56. The molecule has 1 unspecified atom stereocenters. The zero-order valence-electron chi connectivity index (χ0n) is 18.0. The fourth-order valence-corrected chi connectivity index (χ4v) is 3.69. The van der Waals surface area contributed by atoms with Crippen molar-refractivity contribution < 1.29 is 23.6 Å². The van der Waals surface area contributed by atoms with Gasteiger partial charge in [0.2, 0.25) is 5.91 Å². The van der Waals surface area contributed by atoms with Crippen LogP contribution in [-0.4, -0.2) is 34.7 Å². The van der Waals surface area contributed by atoms with E-state index in [1.54, 1.807) is 24.3 Å². The molecule has 0 spiro atoms. The Hall–Kier alpha value is -4.04. The van der Waals surface area contributed by atoms with Gasteiger partial charge in [-0.1, -0.05) is 29.3 Å². The van der Waals surface area contributed by atoms with Crippen molar-refractivity contribution >= 4 is 40.9 Å². The Morgan fingerprint density at radius 3 is 2.15 bits per heavy atom. The summed E-state index contributed by atoms with van der Waals surface area (Å²) in [6.45, 7) is 1.87. The van der Waals surface area contributed by atoms with Crippen molar-refractivity contribution in [3.05, 3.63) is 100 Å². The molecular weight excluding hydrogens is 461 g/mol. The third kappa shape index (κ3) is 4.67. The highest BCUT2D eigenvalue weighted by Gasteiger charge is 2.45. The van der Waals surface area contributed by atoms with E-state index in [9.17, 15) is 23.6 Å². The van der Waals surface area contributed by atoms with E-state index < -0.39 is 35.5 Å². The molecule has 1 aliphatic heterocycles. The average Bonchev–Trinajstić information content (AvgIpc) is 3.12. The van der Waals surface area contributed by atoms with Crippen molar-refractivity contribution in [1.29, 1.82) is 0 Å². The molecule has 172 valence electrons. The first-order valence-corrected chi connectivity index (χ1v) is 10.7. The summed E-state index contributed by atoms with van der Waals surface area (Å²) in [4.78, 5) is 53.1. The molecule has 1 saturated heterocycles. The van der Waals surface area contributed by atoms with Gasteiger partial charge in [0.25, 0.3) is 17.7 Å². The summed E-state index contributed by atoms with van der Waals surface area (Å²) in [5.41, 5.74) is 4.03. The largest absolute Gasteiger partial charge is 0.274 e. The molecule has 1 heterocycles. The van der Waals surface area contributed by atoms with Gasteiger partial charge in [-0.25, -0.2) is 14.3 Å². The Labute approximate surface area is 199 Å². The van der Waals surface area contributed by atoms with E-state index >= 15 is 0 Å². The predicted molar refractivity (Wildman–Crippen MR) is 124 cm³/mol. The average molecular weight is 480 g/mol. The molecule has 7 nitrogen and oxygen atoms in total. The summed E-state index contributed by atoms with van der Waals surface area (Å²) < 4.78 is 13.3. The topological polar surface area (TPSA) is 86.8 Å². The molecule has 9 heteroatoms. The van der Waals surface area contributed by atoms with Crippen molar-refractivity contribution in [3.8, 4) is 0 Å².